The highest BCUT2D eigenvalue weighted by molar-refractivity contribution is 9.10. The molecule has 0 saturated carbocycles. The Morgan fingerprint density at radius 3 is 2.42 bits per heavy atom. The van der Waals surface area contributed by atoms with Crippen molar-refractivity contribution in [2.24, 2.45) is 0 Å². The number of hydrogen-bond donors (Lipinski definition) is 1. The molecule has 1 fully saturated rings. The van der Waals surface area contributed by atoms with Gasteiger partial charge in [-0.2, -0.15) is 0 Å². The molecule has 1 aliphatic heterocycles. The van der Waals surface area contributed by atoms with Gasteiger partial charge in [0.1, 0.15) is 30.3 Å². The van der Waals surface area contributed by atoms with Crippen LogP contribution < -0.4 is 29.4 Å². The topological polar surface area (TPSA) is 86.3 Å². The largest absolute Gasteiger partial charge is 0.497 e. The molecule has 1 aliphatic rings. The molecule has 3 aromatic rings. The fraction of sp³-hybridized carbons (Fsp3) is 0.185. The number of halogens is 1. The zero-order valence-electron chi connectivity index (χ0n) is 19.8. The van der Waals surface area contributed by atoms with Crippen LogP contribution >= 0.6 is 15.9 Å². The number of methoxy groups -OCH3 is 1. The lowest BCUT2D eigenvalue weighted by atomic mass is 10.1. The Bertz CT molecular complexity index is 1280. The molecule has 3 aromatic carbocycles. The molecular formula is C27H25BrN2O6. The lowest BCUT2D eigenvalue weighted by molar-refractivity contribution is -0.117. The first-order chi connectivity index (χ1) is 17.5. The van der Waals surface area contributed by atoms with E-state index in [0.29, 0.717) is 51.9 Å². The normalized spacial score (nSPS) is 14.1. The van der Waals surface area contributed by atoms with Crippen molar-refractivity contribution < 1.29 is 28.5 Å². The summed E-state index contributed by atoms with van der Waals surface area (Å²) in [7, 11) is 1.60. The van der Waals surface area contributed by atoms with Crippen LogP contribution in [-0.2, 0) is 9.59 Å². The van der Waals surface area contributed by atoms with E-state index in [2.05, 4.69) is 21.4 Å². The summed E-state index contributed by atoms with van der Waals surface area (Å²) < 4.78 is 23.3. The minimum atomic E-state index is -0.479. The van der Waals surface area contributed by atoms with E-state index in [1.807, 2.05) is 31.2 Å². The van der Waals surface area contributed by atoms with Gasteiger partial charge in [0.25, 0.3) is 11.8 Å². The monoisotopic (exact) mass is 552 g/mol. The van der Waals surface area contributed by atoms with Crippen molar-refractivity contribution in [1.82, 2.24) is 5.43 Å². The van der Waals surface area contributed by atoms with Crippen molar-refractivity contribution in [3.05, 3.63) is 82.3 Å². The molecule has 36 heavy (non-hydrogen) atoms. The second kappa shape index (κ2) is 11.6. The highest BCUT2D eigenvalue weighted by Gasteiger charge is 2.34. The summed E-state index contributed by atoms with van der Waals surface area (Å²) in [6.07, 6.45) is 1.53. The number of rotatable bonds is 10. The van der Waals surface area contributed by atoms with Gasteiger partial charge in [0.05, 0.1) is 23.9 Å². The third-order valence-corrected chi connectivity index (χ3v) is 5.78. The summed E-state index contributed by atoms with van der Waals surface area (Å²) >= 11 is 3.52. The highest BCUT2D eigenvalue weighted by Crippen LogP contribution is 2.38. The van der Waals surface area contributed by atoms with Gasteiger partial charge in [0.2, 0.25) is 0 Å². The van der Waals surface area contributed by atoms with E-state index in [4.69, 9.17) is 18.9 Å². The maximum Gasteiger partial charge on any atom is 0.282 e. The van der Waals surface area contributed by atoms with Crippen LogP contribution in [0.5, 0.6) is 23.0 Å². The number of ether oxygens (including phenoxy) is 4. The average molecular weight is 553 g/mol. The van der Waals surface area contributed by atoms with Gasteiger partial charge in [-0.15, -0.1) is 0 Å². The van der Waals surface area contributed by atoms with E-state index in [0.717, 1.165) is 0 Å². The fourth-order valence-electron chi connectivity index (χ4n) is 3.55. The van der Waals surface area contributed by atoms with Crippen molar-refractivity contribution in [2.75, 3.05) is 31.9 Å². The maximum atomic E-state index is 12.9. The third-order valence-electron chi connectivity index (χ3n) is 5.19. The van der Waals surface area contributed by atoms with Crippen LogP contribution in [0, 0.1) is 0 Å². The molecule has 4 rings (SSSR count). The van der Waals surface area contributed by atoms with Crippen molar-refractivity contribution in [3.8, 4) is 23.0 Å². The Morgan fingerprint density at radius 2 is 1.67 bits per heavy atom. The minimum Gasteiger partial charge on any atom is -0.497 e. The summed E-state index contributed by atoms with van der Waals surface area (Å²) in [5.41, 5.74) is 3.81. The quantitative estimate of drug-likeness (QED) is 0.221. The van der Waals surface area contributed by atoms with Gasteiger partial charge in [-0.25, -0.2) is 5.01 Å². The lowest BCUT2D eigenvalue weighted by Gasteiger charge is -2.15. The molecule has 0 bridgehead atoms. The Balaban J connectivity index is 1.48. The molecule has 186 valence electrons. The second-order valence-corrected chi connectivity index (χ2v) is 8.47. The number of para-hydroxylation sites is 1. The molecule has 8 nitrogen and oxygen atoms in total. The molecule has 0 aliphatic carbocycles. The predicted molar refractivity (Wildman–Crippen MR) is 139 cm³/mol. The average Bonchev–Trinajstić information content (AvgIpc) is 3.17. The van der Waals surface area contributed by atoms with E-state index in [-0.39, 0.29) is 12.2 Å². The van der Waals surface area contributed by atoms with E-state index in [9.17, 15) is 9.59 Å². The zero-order chi connectivity index (χ0) is 25.5. The Morgan fingerprint density at radius 1 is 0.917 bits per heavy atom. The van der Waals surface area contributed by atoms with Crippen LogP contribution in [0.25, 0.3) is 6.08 Å². The number of hydrazine groups is 1. The zero-order valence-corrected chi connectivity index (χ0v) is 21.4. The summed E-state index contributed by atoms with van der Waals surface area (Å²) in [5.74, 6) is 1.45. The number of nitrogens with zero attached hydrogens (tertiary/aromatic N) is 1. The van der Waals surface area contributed by atoms with E-state index >= 15 is 0 Å². The number of amides is 2. The first-order valence-corrected chi connectivity index (χ1v) is 12.1. The molecule has 2 amide bonds. The molecule has 1 saturated heterocycles. The fourth-order valence-corrected chi connectivity index (χ4v) is 4.13. The number of anilines is 1. The predicted octanol–water partition coefficient (Wildman–Crippen LogP) is 4.78. The SMILES string of the molecule is CCOc1cc(C=C2C(=O)NN(c3ccccc3)C2=O)cc(Br)c1OCCOc1cccc(OC)c1. The van der Waals surface area contributed by atoms with Crippen molar-refractivity contribution in [2.45, 2.75) is 6.92 Å². The number of hydrogen-bond acceptors (Lipinski definition) is 6. The third kappa shape index (κ3) is 5.80. The van der Waals surface area contributed by atoms with Gasteiger partial charge in [-0.1, -0.05) is 24.3 Å². The molecule has 0 spiro atoms. The van der Waals surface area contributed by atoms with Gasteiger partial charge in [-0.05, 0) is 70.9 Å². The number of nitrogens with one attached hydrogen (secondary N) is 1. The molecule has 9 heteroatoms. The van der Waals surface area contributed by atoms with Crippen molar-refractivity contribution >= 4 is 39.5 Å². The Labute approximate surface area is 217 Å². The molecular weight excluding hydrogens is 528 g/mol. The van der Waals surface area contributed by atoms with Crippen LogP contribution in [0.3, 0.4) is 0 Å². The van der Waals surface area contributed by atoms with Gasteiger partial charge >= 0.3 is 0 Å². The number of benzene rings is 3. The smallest absolute Gasteiger partial charge is 0.282 e. The van der Waals surface area contributed by atoms with Gasteiger partial charge < -0.3 is 18.9 Å². The molecule has 0 atom stereocenters. The van der Waals surface area contributed by atoms with E-state index in [1.165, 1.54) is 11.1 Å². The summed E-state index contributed by atoms with van der Waals surface area (Å²) in [5, 5.41) is 1.23. The van der Waals surface area contributed by atoms with Crippen LogP contribution in [0.2, 0.25) is 0 Å². The maximum absolute atomic E-state index is 12.9. The van der Waals surface area contributed by atoms with Crippen LogP contribution in [0.4, 0.5) is 5.69 Å². The summed E-state index contributed by atoms with van der Waals surface area (Å²) in [4.78, 5) is 25.4. The molecule has 0 aromatic heterocycles. The number of carbonyl (C=O) groups excluding carboxylic acids is 2. The number of carbonyl (C=O) groups is 2. The van der Waals surface area contributed by atoms with Crippen molar-refractivity contribution in [1.29, 1.82) is 0 Å². The molecule has 0 unspecified atom stereocenters. The van der Waals surface area contributed by atoms with Gasteiger partial charge in [0.15, 0.2) is 11.5 Å². The Hall–Kier alpha value is -3.98. The molecule has 0 radical (unpaired) electrons. The van der Waals surface area contributed by atoms with Crippen LogP contribution in [0.15, 0.2) is 76.8 Å². The first-order valence-electron chi connectivity index (χ1n) is 11.3. The Kier molecular flexibility index (Phi) is 8.12. The second-order valence-electron chi connectivity index (χ2n) is 7.61. The summed E-state index contributed by atoms with van der Waals surface area (Å²) in [6.45, 7) is 2.84. The van der Waals surface area contributed by atoms with E-state index in [1.54, 1.807) is 49.6 Å². The van der Waals surface area contributed by atoms with Crippen molar-refractivity contribution in [3.63, 3.8) is 0 Å². The standard InChI is InChI=1S/C27H25BrN2O6/c1-3-34-24-16-18(14-22-26(31)29-30(27(22)32)19-8-5-4-6-9-19)15-23(28)25(24)36-13-12-35-21-11-7-10-20(17-21)33-2/h4-11,14-17H,3,12-13H2,1-2H3,(H,29,31). The van der Waals surface area contributed by atoms with Crippen LogP contribution in [0.1, 0.15) is 12.5 Å². The molecule has 1 heterocycles. The minimum absolute atomic E-state index is 0.0218. The van der Waals surface area contributed by atoms with Crippen LogP contribution in [-0.4, -0.2) is 38.7 Å². The summed E-state index contributed by atoms with van der Waals surface area (Å²) in [6, 6.07) is 19.7. The first kappa shape index (κ1) is 25.1. The van der Waals surface area contributed by atoms with Gasteiger partial charge in [-0.3, -0.25) is 15.0 Å². The lowest BCUT2D eigenvalue weighted by Crippen LogP contribution is -2.35. The van der Waals surface area contributed by atoms with E-state index < -0.39 is 11.8 Å². The van der Waals surface area contributed by atoms with Gasteiger partial charge in [0, 0.05) is 6.07 Å². The molecule has 1 N–H and O–H groups in total. The highest BCUT2D eigenvalue weighted by atomic mass is 79.9.